The first-order chi connectivity index (χ1) is 9.13. The van der Waals surface area contributed by atoms with E-state index in [2.05, 4.69) is 20.4 Å². The maximum absolute atomic E-state index is 11.6. The molecule has 2 N–H and O–H groups in total. The normalized spacial score (nSPS) is 14.6. The fourth-order valence-corrected chi connectivity index (χ4v) is 2.05. The molecule has 0 aliphatic heterocycles. The van der Waals surface area contributed by atoms with Gasteiger partial charge in [-0.05, 0) is 26.7 Å². The van der Waals surface area contributed by atoms with E-state index < -0.39 is 0 Å². The monoisotopic (exact) mass is 260 g/mol. The van der Waals surface area contributed by atoms with Gasteiger partial charge in [-0.15, -0.1) is 0 Å². The molecule has 1 aliphatic rings. The van der Waals surface area contributed by atoms with Gasteiger partial charge in [-0.2, -0.15) is 0 Å². The number of rotatable bonds is 4. The van der Waals surface area contributed by atoms with E-state index in [9.17, 15) is 4.79 Å². The van der Waals surface area contributed by atoms with Crippen molar-refractivity contribution < 1.29 is 4.52 Å². The lowest BCUT2D eigenvalue weighted by molar-refractivity contribution is 0.392. The van der Waals surface area contributed by atoms with Crippen LogP contribution in [0.25, 0.3) is 0 Å². The molecule has 19 heavy (non-hydrogen) atoms. The Balaban J connectivity index is 1.78. The Bertz CT molecular complexity index is 635. The molecule has 0 bridgehead atoms. The van der Waals surface area contributed by atoms with E-state index in [1.165, 1.54) is 6.07 Å². The highest BCUT2D eigenvalue weighted by Crippen LogP contribution is 2.37. The molecular weight excluding hydrogens is 244 g/mol. The predicted octanol–water partition coefficient (Wildman–Crippen LogP) is 1.86. The highest BCUT2D eigenvalue weighted by molar-refractivity contribution is 5.36. The minimum absolute atomic E-state index is 0.113. The second kappa shape index (κ2) is 4.53. The highest BCUT2D eigenvalue weighted by atomic mass is 16.5. The van der Waals surface area contributed by atoms with Crippen LogP contribution in [0.2, 0.25) is 0 Å². The van der Waals surface area contributed by atoms with Gasteiger partial charge in [0.25, 0.3) is 5.56 Å². The van der Waals surface area contributed by atoms with Gasteiger partial charge in [0.15, 0.2) is 0 Å². The van der Waals surface area contributed by atoms with Crippen molar-refractivity contribution in [1.82, 2.24) is 15.1 Å². The van der Waals surface area contributed by atoms with Crippen molar-refractivity contribution in [2.45, 2.75) is 39.2 Å². The zero-order valence-electron chi connectivity index (χ0n) is 11.0. The van der Waals surface area contributed by atoms with Crippen LogP contribution in [0.15, 0.2) is 15.4 Å². The quantitative estimate of drug-likeness (QED) is 0.876. The van der Waals surface area contributed by atoms with Gasteiger partial charge < -0.3 is 14.8 Å². The summed E-state index contributed by atoms with van der Waals surface area (Å²) in [4.78, 5) is 18.8. The van der Waals surface area contributed by atoms with E-state index in [-0.39, 0.29) is 5.56 Å². The summed E-state index contributed by atoms with van der Waals surface area (Å²) in [5.41, 5.74) is 1.76. The smallest absolute Gasteiger partial charge is 0.252 e. The standard InChI is InChI=1S/C13H16N4O2/c1-7-10(8(2)19-17-7)6-14-11-5-12(18)16-13(15-11)9-3-4-9/h5,9H,3-4,6H2,1-2H3,(H2,14,15,16,18). The van der Waals surface area contributed by atoms with E-state index in [1.807, 2.05) is 13.8 Å². The lowest BCUT2D eigenvalue weighted by atomic mass is 10.2. The van der Waals surface area contributed by atoms with Crippen LogP contribution in [0.4, 0.5) is 5.82 Å². The average Bonchev–Trinajstić information content (AvgIpc) is 3.15. The lowest BCUT2D eigenvalue weighted by Gasteiger charge is -2.06. The van der Waals surface area contributed by atoms with E-state index in [0.29, 0.717) is 18.3 Å². The molecule has 3 rings (SSSR count). The zero-order chi connectivity index (χ0) is 13.4. The van der Waals surface area contributed by atoms with E-state index in [0.717, 1.165) is 35.7 Å². The van der Waals surface area contributed by atoms with Crippen LogP contribution in [0, 0.1) is 13.8 Å². The van der Waals surface area contributed by atoms with Crippen LogP contribution in [-0.2, 0) is 6.54 Å². The molecule has 0 atom stereocenters. The number of nitrogens with zero attached hydrogens (tertiary/aromatic N) is 2. The van der Waals surface area contributed by atoms with Crippen molar-refractivity contribution in [3.8, 4) is 0 Å². The molecule has 1 saturated carbocycles. The molecule has 0 amide bonds. The molecule has 2 heterocycles. The Morgan fingerprint density at radius 1 is 1.47 bits per heavy atom. The Morgan fingerprint density at radius 3 is 2.89 bits per heavy atom. The third-order valence-electron chi connectivity index (χ3n) is 3.35. The topological polar surface area (TPSA) is 83.8 Å². The first kappa shape index (κ1) is 12.0. The van der Waals surface area contributed by atoms with E-state index in [1.54, 1.807) is 0 Å². The van der Waals surface area contributed by atoms with Crippen LogP contribution in [0.3, 0.4) is 0 Å². The summed E-state index contributed by atoms with van der Waals surface area (Å²) in [5, 5.41) is 7.06. The molecule has 2 aromatic rings. The third-order valence-corrected chi connectivity index (χ3v) is 3.35. The number of hydrogen-bond acceptors (Lipinski definition) is 5. The van der Waals surface area contributed by atoms with Gasteiger partial charge in [0.2, 0.25) is 0 Å². The summed E-state index contributed by atoms with van der Waals surface area (Å²) >= 11 is 0. The van der Waals surface area contributed by atoms with E-state index >= 15 is 0 Å². The van der Waals surface area contributed by atoms with Crippen molar-refractivity contribution in [3.05, 3.63) is 39.3 Å². The number of nitrogens with one attached hydrogen (secondary N) is 2. The van der Waals surface area contributed by atoms with Crippen LogP contribution in [0.1, 0.15) is 41.6 Å². The Kier molecular flexibility index (Phi) is 2.85. The van der Waals surface area contributed by atoms with Crippen molar-refractivity contribution in [2.24, 2.45) is 0 Å². The summed E-state index contributed by atoms with van der Waals surface area (Å²) in [6.07, 6.45) is 2.21. The lowest BCUT2D eigenvalue weighted by Crippen LogP contribution is -2.13. The molecule has 0 unspecified atom stereocenters. The molecule has 1 fully saturated rings. The third kappa shape index (κ3) is 2.52. The van der Waals surface area contributed by atoms with Gasteiger partial charge in [0.05, 0.1) is 5.69 Å². The van der Waals surface area contributed by atoms with Gasteiger partial charge in [-0.25, -0.2) is 4.98 Å². The molecular formula is C13H16N4O2. The fourth-order valence-electron chi connectivity index (χ4n) is 2.05. The van der Waals surface area contributed by atoms with Gasteiger partial charge in [0.1, 0.15) is 17.4 Å². The number of hydrogen-bond donors (Lipinski definition) is 2. The second-order valence-corrected chi connectivity index (χ2v) is 4.95. The molecule has 6 nitrogen and oxygen atoms in total. The van der Waals surface area contributed by atoms with Crippen molar-refractivity contribution in [2.75, 3.05) is 5.32 Å². The molecule has 100 valence electrons. The first-order valence-electron chi connectivity index (χ1n) is 6.40. The van der Waals surface area contributed by atoms with Crippen molar-refractivity contribution in [1.29, 1.82) is 0 Å². The Morgan fingerprint density at radius 2 is 2.26 bits per heavy atom. The zero-order valence-corrected chi connectivity index (χ0v) is 11.0. The first-order valence-corrected chi connectivity index (χ1v) is 6.40. The molecule has 0 radical (unpaired) electrons. The largest absolute Gasteiger partial charge is 0.366 e. The summed E-state index contributed by atoms with van der Waals surface area (Å²) in [6.45, 7) is 4.33. The van der Waals surface area contributed by atoms with Crippen LogP contribution in [-0.4, -0.2) is 15.1 Å². The van der Waals surface area contributed by atoms with Gasteiger partial charge >= 0.3 is 0 Å². The summed E-state index contributed by atoms with van der Waals surface area (Å²) < 4.78 is 5.10. The van der Waals surface area contributed by atoms with E-state index in [4.69, 9.17) is 4.52 Å². The van der Waals surface area contributed by atoms with Crippen LogP contribution >= 0.6 is 0 Å². The fraction of sp³-hybridized carbons (Fsp3) is 0.462. The van der Waals surface area contributed by atoms with Gasteiger partial charge in [0, 0.05) is 24.1 Å². The predicted molar refractivity (Wildman–Crippen MR) is 70.1 cm³/mol. The summed E-state index contributed by atoms with van der Waals surface area (Å²) in [7, 11) is 0. The maximum atomic E-state index is 11.6. The molecule has 0 spiro atoms. The SMILES string of the molecule is Cc1noc(C)c1CNc1cc(=O)[nH]c(C2CC2)n1. The van der Waals surface area contributed by atoms with Gasteiger partial charge in [-0.3, -0.25) is 4.79 Å². The molecule has 1 aliphatic carbocycles. The highest BCUT2D eigenvalue weighted by Gasteiger charge is 2.26. The van der Waals surface area contributed by atoms with Crippen LogP contribution in [0.5, 0.6) is 0 Å². The van der Waals surface area contributed by atoms with Crippen LogP contribution < -0.4 is 10.9 Å². The second-order valence-electron chi connectivity index (χ2n) is 4.95. The molecule has 0 saturated heterocycles. The number of aromatic amines is 1. The Labute approximate surface area is 110 Å². The van der Waals surface area contributed by atoms with Crippen molar-refractivity contribution >= 4 is 5.82 Å². The van der Waals surface area contributed by atoms with Gasteiger partial charge in [-0.1, -0.05) is 5.16 Å². The molecule has 6 heteroatoms. The molecule has 2 aromatic heterocycles. The summed E-state index contributed by atoms with van der Waals surface area (Å²) in [6, 6.07) is 1.48. The number of H-pyrrole nitrogens is 1. The minimum atomic E-state index is -0.113. The number of aryl methyl sites for hydroxylation is 2. The number of aromatic nitrogens is 3. The summed E-state index contributed by atoms with van der Waals surface area (Å²) in [5.74, 6) is 2.60. The van der Waals surface area contributed by atoms with Crippen molar-refractivity contribution in [3.63, 3.8) is 0 Å². The molecule has 0 aromatic carbocycles. The Hall–Kier alpha value is -2.11. The minimum Gasteiger partial charge on any atom is -0.366 e. The average molecular weight is 260 g/mol. The number of anilines is 1. The maximum Gasteiger partial charge on any atom is 0.252 e.